The molecule has 0 unspecified atom stereocenters. The van der Waals surface area contributed by atoms with Crippen molar-refractivity contribution in [2.45, 2.75) is 71.9 Å². The number of halogens is 2. The molecule has 4 bridgehead atoms. The van der Waals surface area contributed by atoms with Gasteiger partial charge in [0.1, 0.15) is 22.3 Å². The number of piperidine rings is 2. The zero-order chi connectivity index (χ0) is 44.1. The van der Waals surface area contributed by atoms with Gasteiger partial charge in [-0.2, -0.15) is 0 Å². The van der Waals surface area contributed by atoms with E-state index >= 15 is 0 Å². The van der Waals surface area contributed by atoms with Crippen LogP contribution in [0.15, 0.2) is 97.1 Å². The van der Waals surface area contributed by atoms with Crippen LogP contribution in [0.25, 0.3) is 0 Å². The summed E-state index contributed by atoms with van der Waals surface area (Å²) >= 11 is 12.4. The third-order valence-corrected chi connectivity index (χ3v) is 19.0. The summed E-state index contributed by atoms with van der Waals surface area (Å²) in [5, 5.41) is 26.7. The predicted molar refractivity (Wildman–Crippen MR) is 239 cm³/mol. The molecule has 12 atom stereocenters. The summed E-state index contributed by atoms with van der Waals surface area (Å²) < 4.78 is 0. The fourth-order valence-corrected chi connectivity index (χ4v) is 17.4. The zero-order valence-corrected chi connectivity index (χ0v) is 37.4. The summed E-state index contributed by atoms with van der Waals surface area (Å²) in [5.74, 6) is -1.56. The normalized spacial score (nSPS) is 42.2. The van der Waals surface area contributed by atoms with Crippen LogP contribution in [0.1, 0.15) is 80.5 Å². The van der Waals surface area contributed by atoms with Gasteiger partial charge in [-0.3, -0.25) is 29.0 Å². The quantitative estimate of drug-likeness (QED) is 0.259. The maximum Gasteiger partial charge on any atom is 0.187 e. The Kier molecular flexibility index (Phi) is 8.08. The van der Waals surface area contributed by atoms with E-state index in [2.05, 4.69) is 19.6 Å². The Labute approximate surface area is 382 Å². The molecule has 6 heterocycles. The molecule has 328 valence electrons. The van der Waals surface area contributed by atoms with Gasteiger partial charge in [-0.1, -0.05) is 96.0 Å². The van der Waals surface area contributed by atoms with E-state index in [0.717, 1.165) is 49.9 Å². The van der Waals surface area contributed by atoms with Gasteiger partial charge in [0.15, 0.2) is 23.1 Å². The highest BCUT2D eigenvalue weighted by Crippen LogP contribution is 2.78. The van der Waals surface area contributed by atoms with Crippen molar-refractivity contribution in [3.8, 4) is 0 Å². The van der Waals surface area contributed by atoms with Crippen molar-refractivity contribution in [3.63, 3.8) is 0 Å². The predicted octanol–water partition coefficient (Wildman–Crippen LogP) is 5.71. The number of hydrogen-bond donors (Lipinski definition) is 2. The molecular formula is C52H50Cl2N4O6. The maximum atomic E-state index is 14.5. The summed E-state index contributed by atoms with van der Waals surface area (Å²) in [4.78, 5) is 66.5. The fourth-order valence-electron chi connectivity index (χ4n) is 17.2. The van der Waals surface area contributed by atoms with E-state index in [1.54, 1.807) is 0 Å². The standard InChI is InChI=1S/2C26H25ClN2O3/c2*1-28-13-19-23(31)24(14-28)21(15-8-10-16(27)11-9-15)20-7-4-12-29(20)26(24)22(30)17-5-2-3-6-18(17)25(19,26)32/h2*2-3,5-6,8-11,19-21,32H,4,7,12-14H2,1H3/t2*19-,20-,21-,24-,25+,26-/m10/s1. The van der Waals surface area contributed by atoms with Crippen LogP contribution in [0, 0.1) is 22.7 Å². The Bertz CT molecular complexity index is 2580. The van der Waals surface area contributed by atoms with Crippen molar-refractivity contribution in [2.75, 3.05) is 53.4 Å². The molecule has 6 aliphatic heterocycles. The SMILES string of the molecule is CN1C[C@@H]2C(=O)[C@@]3(C1)[C@H](c1ccc(Cl)cc1)[C@H]1CCCN1[C@]31C(=O)c3ccccc3[C@]21O.CN1C[C@H]2C(=O)[C@]3(C1)[C@@H](c1ccc(Cl)cc1)[C@@H]1CCCN1[C@@]31C(=O)c3ccccc3[C@@]21O. The average molecular weight is 898 g/mol. The molecule has 4 aliphatic carbocycles. The molecule has 0 radical (unpaired) electrons. The van der Waals surface area contributed by atoms with Crippen LogP contribution in [0.4, 0.5) is 0 Å². The van der Waals surface area contributed by atoms with Gasteiger partial charge in [0.25, 0.3) is 0 Å². The lowest BCUT2D eigenvalue weighted by molar-refractivity contribution is -0.138. The molecule has 0 aromatic heterocycles. The number of Topliss-reactive ketones (excluding diaryl/α,β-unsaturated/α-hetero) is 4. The van der Waals surface area contributed by atoms with Crippen molar-refractivity contribution in [1.82, 2.24) is 19.6 Å². The lowest BCUT2D eigenvalue weighted by Gasteiger charge is -2.47. The van der Waals surface area contributed by atoms with Gasteiger partial charge in [0.05, 0.1) is 22.7 Å². The molecule has 8 fully saturated rings. The topological polar surface area (TPSA) is 122 Å². The molecule has 4 aromatic carbocycles. The minimum atomic E-state index is -1.51. The molecule has 0 amide bonds. The van der Waals surface area contributed by atoms with Gasteiger partial charge in [-0.05, 0) is 99.4 Å². The van der Waals surface area contributed by atoms with E-state index in [9.17, 15) is 29.4 Å². The third kappa shape index (κ3) is 4.02. The summed E-state index contributed by atoms with van der Waals surface area (Å²) in [5.41, 5.74) is -2.96. The molecule has 2 N–H and O–H groups in total. The Morgan fingerprint density at radius 2 is 0.922 bits per heavy atom. The van der Waals surface area contributed by atoms with Crippen molar-refractivity contribution in [1.29, 1.82) is 0 Å². The first kappa shape index (κ1) is 40.2. The lowest BCUT2D eigenvalue weighted by Crippen LogP contribution is -2.66. The highest BCUT2D eigenvalue weighted by Gasteiger charge is 2.92. The van der Waals surface area contributed by atoms with Crippen molar-refractivity contribution < 1.29 is 29.4 Å². The minimum Gasteiger partial charge on any atom is -0.382 e. The second-order valence-electron chi connectivity index (χ2n) is 20.7. The monoisotopic (exact) mass is 896 g/mol. The second-order valence-corrected chi connectivity index (χ2v) is 21.6. The zero-order valence-electron chi connectivity index (χ0n) is 35.8. The molecule has 10 nitrogen and oxygen atoms in total. The van der Waals surface area contributed by atoms with Crippen LogP contribution in [0.2, 0.25) is 10.0 Å². The number of nitrogens with zero attached hydrogens (tertiary/aromatic N) is 4. The largest absolute Gasteiger partial charge is 0.382 e. The van der Waals surface area contributed by atoms with Gasteiger partial charge in [0, 0.05) is 71.3 Å². The summed E-state index contributed by atoms with van der Waals surface area (Å²) in [6.07, 6.45) is 3.75. The highest BCUT2D eigenvalue weighted by molar-refractivity contribution is 6.31. The lowest BCUT2D eigenvalue weighted by atomic mass is 9.59. The Morgan fingerprint density at radius 1 is 0.547 bits per heavy atom. The van der Waals surface area contributed by atoms with Crippen LogP contribution in [0.3, 0.4) is 0 Å². The molecule has 4 spiro atoms. The number of carbonyl (C=O) groups is 4. The van der Waals surface area contributed by atoms with Crippen molar-refractivity contribution >= 4 is 46.3 Å². The summed E-state index contributed by atoms with van der Waals surface area (Å²) in [7, 11) is 4.02. The van der Waals surface area contributed by atoms with E-state index < -0.39 is 44.9 Å². The number of fused-ring (bicyclic) bond motifs is 10. The molecule has 10 aliphatic rings. The first-order valence-corrected chi connectivity index (χ1v) is 23.8. The number of aliphatic hydroxyl groups is 2. The first-order valence-electron chi connectivity index (χ1n) is 23.0. The number of rotatable bonds is 2. The Hall–Kier alpha value is -4.10. The van der Waals surface area contributed by atoms with E-state index in [1.807, 2.05) is 111 Å². The van der Waals surface area contributed by atoms with Crippen LogP contribution >= 0.6 is 23.2 Å². The van der Waals surface area contributed by atoms with Crippen LogP contribution < -0.4 is 0 Å². The molecular weight excluding hydrogens is 847 g/mol. The summed E-state index contributed by atoms with van der Waals surface area (Å²) in [6.45, 7) is 3.33. The molecule has 6 saturated heterocycles. The summed E-state index contributed by atoms with van der Waals surface area (Å²) in [6, 6.07) is 30.5. The Morgan fingerprint density at radius 3 is 1.31 bits per heavy atom. The van der Waals surface area contributed by atoms with Gasteiger partial charge >= 0.3 is 0 Å². The van der Waals surface area contributed by atoms with Crippen LogP contribution in [-0.4, -0.2) is 129 Å². The van der Waals surface area contributed by atoms with Crippen molar-refractivity contribution in [3.05, 3.63) is 140 Å². The second kappa shape index (κ2) is 12.9. The van der Waals surface area contributed by atoms with Gasteiger partial charge in [-0.15, -0.1) is 0 Å². The van der Waals surface area contributed by atoms with Gasteiger partial charge in [-0.25, -0.2) is 0 Å². The van der Waals surface area contributed by atoms with E-state index in [0.29, 0.717) is 58.5 Å². The van der Waals surface area contributed by atoms with Crippen LogP contribution in [-0.2, 0) is 20.8 Å². The average Bonchev–Trinajstić information content (AvgIpc) is 4.13. The number of ketones is 4. The van der Waals surface area contributed by atoms with Gasteiger partial charge < -0.3 is 20.0 Å². The molecule has 4 aromatic rings. The minimum absolute atomic E-state index is 0.0392. The molecule has 14 rings (SSSR count). The number of benzene rings is 4. The smallest absolute Gasteiger partial charge is 0.187 e. The van der Waals surface area contributed by atoms with Crippen molar-refractivity contribution in [2.24, 2.45) is 22.7 Å². The number of carbonyl (C=O) groups excluding carboxylic acids is 4. The van der Waals surface area contributed by atoms with E-state index in [-0.39, 0.29) is 47.1 Å². The van der Waals surface area contributed by atoms with Gasteiger partial charge in [0.2, 0.25) is 0 Å². The molecule has 64 heavy (non-hydrogen) atoms. The molecule has 2 saturated carbocycles. The van der Waals surface area contributed by atoms with Crippen LogP contribution in [0.5, 0.6) is 0 Å². The molecule has 12 heteroatoms. The maximum absolute atomic E-state index is 14.5. The van der Waals surface area contributed by atoms with E-state index in [4.69, 9.17) is 23.2 Å². The highest BCUT2D eigenvalue weighted by atomic mass is 35.5. The third-order valence-electron chi connectivity index (χ3n) is 18.5. The van der Waals surface area contributed by atoms with E-state index in [1.165, 1.54) is 0 Å². The Balaban J connectivity index is 0.000000129. The first-order chi connectivity index (χ1) is 30.8. The fraction of sp³-hybridized carbons (Fsp3) is 0.462. The number of hydrogen-bond acceptors (Lipinski definition) is 10. The number of likely N-dealkylation sites (tertiary alicyclic amines) is 2.